The number of nitrogens with zero attached hydrogens (tertiary/aromatic N) is 2. The molecular weight excluding hydrogens is 310 g/mol. The molecule has 2 aromatic carbocycles. The number of pyridine rings is 1. The van der Waals surface area contributed by atoms with E-state index in [1.165, 1.54) is 0 Å². The van der Waals surface area contributed by atoms with Gasteiger partial charge in [-0.05, 0) is 30.3 Å². The third-order valence-corrected chi connectivity index (χ3v) is 3.88. The third kappa shape index (κ3) is 3.12. The third-order valence-electron chi connectivity index (χ3n) is 3.56. The average molecular weight is 326 g/mol. The summed E-state index contributed by atoms with van der Waals surface area (Å²) in [5.74, 6) is -0.193. The second kappa shape index (κ2) is 6.26. The maximum absolute atomic E-state index is 12.6. The highest BCUT2D eigenvalue weighted by atomic mass is 35.5. The van der Waals surface area contributed by atoms with Crippen molar-refractivity contribution in [3.63, 3.8) is 0 Å². The fourth-order valence-electron chi connectivity index (χ4n) is 2.42. The topological polar surface area (TPSA) is 45.2 Å². The van der Waals surface area contributed by atoms with Crippen LogP contribution in [0.5, 0.6) is 0 Å². The molecule has 1 N–H and O–H groups in total. The number of benzene rings is 2. The summed E-state index contributed by atoms with van der Waals surface area (Å²) in [7, 11) is 3.81. The Morgan fingerprint density at radius 1 is 1.13 bits per heavy atom. The number of hydrogen-bond acceptors (Lipinski definition) is 3. The number of hydrogen-bond donors (Lipinski definition) is 1. The zero-order chi connectivity index (χ0) is 16.4. The molecule has 1 amide bonds. The van der Waals surface area contributed by atoms with Gasteiger partial charge < -0.3 is 10.2 Å². The van der Waals surface area contributed by atoms with E-state index in [1.807, 2.05) is 49.3 Å². The van der Waals surface area contributed by atoms with Crippen molar-refractivity contribution in [3.8, 4) is 0 Å². The molecule has 0 fully saturated rings. The van der Waals surface area contributed by atoms with Crippen LogP contribution in [0.2, 0.25) is 5.02 Å². The molecule has 0 radical (unpaired) electrons. The standard InChI is InChI=1S/C18H16ClN3O/c1-22(2)16-11-13(8-9-15(16)19)21-18(23)14-7-3-5-12-6-4-10-20-17(12)14/h3-11H,1-2H3,(H,21,23). The van der Waals surface area contributed by atoms with Crippen molar-refractivity contribution in [1.82, 2.24) is 4.98 Å². The van der Waals surface area contributed by atoms with Gasteiger partial charge in [0.25, 0.3) is 5.91 Å². The fraction of sp³-hybridized carbons (Fsp3) is 0.111. The zero-order valence-electron chi connectivity index (χ0n) is 12.9. The number of anilines is 2. The number of para-hydroxylation sites is 1. The monoisotopic (exact) mass is 325 g/mol. The lowest BCUT2D eigenvalue weighted by atomic mass is 10.1. The minimum Gasteiger partial charge on any atom is -0.376 e. The van der Waals surface area contributed by atoms with E-state index in [4.69, 9.17) is 11.6 Å². The first-order chi connectivity index (χ1) is 11.1. The lowest BCUT2D eigenvalue weighted by Gasteiger charge is -2.16. The average Bonchev–Trinajstić information content (AvgIpc) is 2.55. The number of nitrogens with one attached hydrogen (secondary N) is 1. The highest BCUT2D eigenvalue weighted by Crippen LogP contribution is 2.28. The Morgan fingerprint density at radius 2 is 1.91 bits per heavy atom. The van der Waals surface area contributed by atoms with Crippen LogP contribution in [0.1, 0.15) is 10.4 Å². The normalized spacial score (nSPS) is 10.6. The summed E-state index contributed by atoms with van der Waals surface area (Å²) in [5, 5.41) is 4.48. The fourth-order valence-corrected chi connectivity index (χ4v) is 2.71. The summed E-state index contributed by atoms with van der Waals surface area (Å²) in [4.78, 5) is 18.8. The quantitative estimate of drug-likeness (QED) is 0.784. The predicted octanol–water partition coefficient (Wildman–Crippen LogP) is 4.21. The SMILES string of the molecule is CN(C)c1cc(NC(=O)c2cccc3cccnc23)ccc1Cl. The van der Waals surface area contributed by atoms with Crippen LogP contribution >= 0.6 is 11.6 Å². The number of halogens is 1. The van der Waals surface area contributed by atoms with Gasteiger partial charge in [0.05, 0.1) is 21.8 Å². The van der Waals surface area contributed by atoms with Crippen LogP contribution in [-0.2, 0) is 0 Å². The van der Waals surface area contributed by atoms with Crippen molar-refractivity contribution in [1.29, 1.82) is 0 Å². The van der Waals surface area contributed by atoms with E-state index < -0.39 is 0 Å². The number of aromatic nitrogens is 1. The van der Waals surface area contributed by atoms with Crippen LogP contribution in [-0.4, -0.2) is 25.0 Å². The first-order valence-corrected chi connectivity index (χ1v) is 7.56. The van der Waals surface area contributed by atoms with Gasteiger partial charge in [-0.3, -0.25) is 9.78 Å². The Bertz CT molecular complexity index is 872. The van der Waals surface area contributed by atoms with E-state index in [0.717, 1.165) is 11.1 Å². The lowest BCUT2D eigenvalue weighted by molar-refractivity contribution is 0.102. The number of carbonyl (C=O) groups excluding carboxylic acids is 1. The van der Waals surface area contributed by atoms with E-state index in [1.54, 1.807) is 24.4 Å². The summed E-state index contributed by atoms with van der Waals surface area (Å²) >= 11 is 6.16. The summed E-state index contributed by atoms with van der Waals surface area (Å²) in [6, 6.07) is 14.8. The van der Waals surface area contributed by atoms with Gasteiger partial charge in [0, 0.05) is 31.4 Å². The van der Waals surface area contributed by atoms with Crippen LogP contribution in [0, 0.1) is 0 Å². The molecule has 1 heterocycles. The van der Waals surface area contributed by atoms with Crippen LogP contribution < -0.4 is 10.2 Å². The number of carbonyl (C=O) groups is 1. The summed E-state index contributed by atoms with van der Waals surface area (Å²) < 4.78 is 0. The van der Waals surface area contributed by atoms with Gasteiger partial charge in [0.15, 0.2) is 0 Å². The molecule has 0 aliphatic carbocycles. The molecule has 3 rings (SSSR count). The first-order valence-electron chi connectivity index (χ1n) is 7.18. The Balaban J connectivity index is 1.94. The van der Waals surface area contributed by atoms with E-state index in [9.17, 15) is 4.79 Å². The summed E-state index contributed by atoms with van der Waals surface area (Å²) in [6.45, 7) is 0. The molecule has 0 atom stereocenters. The van der Waals surface area contributed by atoms with Gasteiger partial charge in [-0.15, -0.1) is 0 Å². The minimum atomic E-state index is -0.193. The van der Waals surface area contributed by atoms with E-state index >= 15 is 0 Å². The van der Waals surface area contributed by atoms with Crippen molar-refractivity contribution < 1.29 is 4.79 Å². The van der Waals surface area contributed by atoms with E-state index in [-0.39, 0.29) is 5.91 Å². The minimum absolute atomic E-state index is 0.193. The first kappa shape index (κ1) is 15.3. The van der Waals surface area contributed by atoms with Crippen molar-refractivity contribution in [2.75, 3.05) is 24.3 Å². The van der Waals surface area contributed by atoms with Gasteiger partial charge in [0.2, 0.25) is 0 Å². The molecule has 3 aromatic rings. The molecule has 0 unspecified atom stereocenters. The van der Waals surface area contributed by atoms with Crippen molar-refractivity contribution in [2.24, 2.45) is 0 Å². The summed E-state index contributed by atoms with van der Waals surface area (Å²) in [5.41, 5.74) is 2.77. The van der Waals surface area contributed by atoms with E-state index in [0.29, 0.717) is 21.8 Å². The van der Waals surface area contributed by atoms with Crippen LogP contribution in [0.3, 0.4) is 0 Å². The largest absolute Gasteiger partial charge is 0.376 e. The predicted molar refractivity (Wildman–Crippen MR) is 95.5 cm³/mol. The molecule has 4 nitrogen and oxygen atoms in total. The molecule has 23 heavy (non-hydrogen) atoms. The number of amides is 1. The van der Waals surface area contributed by atoms with Gasteiger partial charge in [-0.1, -0.05) is 29.8 Å². The van der Waals surface area contributed by atoms with Gasteiger partial charge in [0.1, 0.15) is 0 Å². The lowest BCUT2D eigenvalue weighted by Crippen LogP contribution is -2.14. The molecule has 0 saturated heterocycles. The summed E-state index contributed by atoms with van der Waals surface area (Å²) in [6.07, 6.45) is 1.69. The second-order valence-corrected chi connectivity index (χ2v) is 5.80. The van der Waals surface area contributed by atoms with Crippen molar-refractivity contribution in [3.05, 3.63) is 65.3 Å². The van der Waals surface area contributed by atoms with Gasteiger partial charge in [-0.2, -0.15) is 0 Å². The van der Waals surface area contributed by atoms with Crippen LogP contribution in [0.15, 0.2) is 54.7 Å². The second-order valence-electron chi connectivity index (χ2n) is 5.40. The Labute approximate surface area is 139 Å². The molecule has 0 spiro atoms. The molecule has 116 valence electrons. The maximum atomic E-state index is 12.6. The zero-order valence-corrected chi connectivity index (χ0v) is 13.6. The number of rotatable bonds is 3. The maximum Gasteiger partial charge on any atom is 0.257 e. The highest BCUT2D eigenvalue weighted by molar-refractivity contribution is 6.33. The van der Waals surface area contributed by atoms with Gasteiger partial charge >= 0.3 is 0 Å². The Morgan fingerprint density at radius 3 is 2.70 bits per heavy atom. The molecule has 0 aliphatic rings. The van der Waals surface area contributed by atoms with E-state index in [2.05, 4.69) is 10.3 Å². The molecule has 1 aromatic heterocycles. The molecular formula is C18H16ClN3O. The molecule has 5 heteroatoms. The Hall–Kier alpha value is -2.59. The highest BCUT2D eigenvalue weighted by Gasteiger charge is 2.12. The van der Waals surface area contributed by atoms with Crippen LogP contribution in [0.25, 0.3) is 10.9 Å². The van der Waals surface area contributed by atoms with Crippen molar-refractivity contribution >= 4 is 39.8 Å². The smallest absolute Gasteiger partial charge is 0.257 e. The number of fused-ring (bicyclic) bond motifs is 1. The van der Waals surface area contributed by atoms with Crippen molar-refractivity contribution in [2.45, 2.75) is 0 Å². The van der Waals surface area contributed by atoms with Crippen LogP contribution in [0.4, 0.5) is 11.4 Å². The van der Waals surface area contributed by atoms with Gasteiger partial charge in [-0.25, -0.2) is 0 Å². The molecule has 0 saturated carbocycles. The Kier molecular flexibility index (Phi) is 4.17. The molecule has 0 bridgehead atoms. The molecule has 0 aliphatic heterocycles.